The first-order chi connectivity index (χ1) is 12.7. The van der Waals surface area contributed by atoms with E-state index in [1.165, 1.54) is 19.2 Å². The van der Waals surface area contributed by atoms with Gasteiger partial charge in [0.05, 0.1) is 12.1 Å². The van der Waals surface area contributed by atoms with E-state index >= 15 is 0 Å². The van der Waals surface area contributed by atoms with Gasteiger partial charge in [-0.05, 0) is 30.5 Å². The number of amides is 1. The van der Waals surface area contributed by atoms with Crippen LogP contribution in [0.4, 0.5) is 0 Å². The first-order valence-electron chi connectivity index (χ1n) is 9.08. The minimum absolute atomic E-state index is 0.208. The van der Waals surface area contributed by atoms with Crippen LogP contribution in [0.3, 0.4) is 0 Å². The molecule has 1 fully saturated rings. The van der Waals surface area contributed by atoms with Crippen molar-refractivity contribution in [3.63, 3.8) is 0 Å². The van der Waals surface area contributed by atoms with E-state index in [4.69, 9.17) is 4.74 Å². The lowest BCUT2D eigenvalue weighted by atomic mass is 10.1. The number of nitrogens with one attached hydrogen (secondary N) is 1. The average Bonchev–Trinajstić information content (AvgIpc) is 3.03. The minimum atomic E-state index is -0.492. The monoisotopic (exact) mass is 356 g/mol. The fourth-order valence-electron chi connectivity index (χ4n) is 3.16. The molecule has 0 aliphatic heterocycles. The van der Waals surface area contributed by atoms with Crippen molar-refractivity contribution in [2.24, 2.45) is 0 Å². The van der Waals surface area contributed by atoms with Gasteiger partial charge in [0.2, 0.25) is 0 Å². The molecule has 138 valence electrons. The van der Waals surface area contributed by atoms with Crippen LogP contribution in [0.1, 0.15) is 54.4 Å². The predicted molar refractivity (Wildman–Crippen MR) is 95.5 cm³/mol. The summed E-state index contributed by atoms with van der Waals surface area (Å²) in [7, 11) is 0. The van der Waals surface area contributed by atoms with E-state index in [2.05, 4.69) is 15.4 Å². The highest BCUT2D eigenvalue weighted by molar-refractivity contribution is 5.91. The van der Waals surface area contributed by atoms with Gasteiger partial charge in [0.25, 0.3) is 5.91 Å². The molecule has 1 saturated carbocycles. The van der Waals surface area contributed by atoms with Gasteiger partial charge in [-0.3, -0.25) is 4.79 Å². The van der Waals surface area contributed by atoms with Crippen molar-refractivity contribution in [3.8, 4) is 0 Å². The van der Waals surface area contributed by atoms with Gasteiger partial charge in [-0.25, -0.2) is 14.5 Å². The second-order valence-corrected chi connectivity index (χ2v) is 6.62. The molecule has 1 amide bonds. The van der Waals surface area contributed by atoms with Gasteiger partial charge in [0.1, 0.15) is 12.7 Å². The fraction of sp³-hybridized carbons (Fsp3) is 0.474. The van der Waals surface area contributed by atoms with Gasteiger partial charge >= 0.3 is 5.97 Å². The molecule has 1 aromatic carbocycles. The molecule has 1 aliphatic carbocycles. The SMILES string of the molecule is O=C(COC(=O)c1ccc(Cn2cncn2)cc1)NC1CCCCCC1. The smallest absolute Gasteiger partial charge is 0.338 e. The number of rotatable bonds is 6. The molecular formula is C19H24N4O3. The molecule has 0 saturated heterocycles. The number of hydrogen-bond acceptors (Lipinski definition) is 5. The van der Waals surface area contributed by atoms with Gasteiger partial charge in [0.15, 0.2) is 6.61 Å². The van der Waals surface area contributed by atoms with Gasteiger partial charge in [-0.1, -0.05) is 37.8 Å². The van der Waals surface area contributed by atoms with Gasteiger partial charge < -0.3 is 10.1 Å². The molecule has 7 heteroatoms. The Hall–Kier alpha value is -2.70. The number of esters is 1. The molecule has 2 aromatic rings. The lowest BCUT2D eigenvalue weighted by Crippen LogP contribution is -2.37. The summed E-state index contributed by atoms with van der Waals surface area (Å²) in [4.78, 5) is 28.0. The fourth-order valence-corrected chi connectivity index (χ4v) is 3.16. The molecule has 1 N–H and O–H groups in total. The van der Waals surface area contributed by atoms with Crippen molar-refractivity contribution in [1.29, 1.82) is 0 Å². The maximum Gasteiger partial charge on any atom is 0.338 e. The Labute approximate surface area is 152 Å². The van der Waals surface area contributed by atoms with Crippen LogP contribution >= 0.6 is 0 Å². The summed E-state index contributed by atoms with van der Waals surface area (Å²) in [6.45, 7) is 0.342. The second kappa shape index (κ2) is 9.12. The summed E-state index contributed by atoms with van der Waals surface area (Å²) in [5, 5.41) is 7.01. The van der Waals surface area contributed by atoms with E-state index < -0.39 is 5.97 Å². The molecule has 0 radical (unpaired) electrons. The van der Waals surface area contributed by atoms with Crippen molar-refractivity contribution in [2.75, 3.05) is 6.61 Å². The van der Waals surface area contributed by atoms with Crippen LogP contribution in [-0.2, 0) is 16.1 Å². The Morgan fingerprint density at radius 1 is 1.12 bits per heavy atom. The number of aromatic nitrogens is 3. The number of carbonyl (C=O) groups is 2. The molecule has 1 aromatic heterocycles. The third kappa shape index (κ3) is 5.40. The molecule has 26 heavy (non-hydrogen) atoms. The minimum Gasteiger partial charge on any atom is -0.452 e. The Morgan fingerprint density at radius 3 is 2.50 bits per heavy atom. The van der Waals surface area contributed by atoms with Crippen molar-refractivity contribution < 1.29 is 14.3 Å². The average molecular weight is 356 g/mol. The molecule has 0 atom stereocenters. The molecule has 0 spiro atoms. The number of hydrogen-bond donors (Lipinski definition) is 1. The zero-order valence-corrected chi connectivity index (χ0v) is 14.8. The van der Waals surface area contributed by atoms with E-state index in [-0.39, 0.29) is 18.6 Å². The Morgan fingerprint density at radius 2 is 1.85 bits per heavy atom. The predicted octanol–water partition coefficient (Wildman–Crippen LogP) is 2.32. The van der Waals surface area contributed by atoms with Crippen LogP contribution in [0, 0.1) is 0 Å². The highest BCUT2D eigenvalue weighted by Gasteiger charge is 2.16. The molecule has 7 nitrogen and oxygen atoms in total. The van der Waals surface area contributed by atoms with Crippen LogP contribution in [0.2, 0.25) is 0 Å². The van der Waals surface area contributed by atoms with E-state index in [0.29, 0.717) is 12.1 Å². The third-order valence-electron chi connectivity index (χ3n) is 4.56. The number of nitrogens with zero attached hydrogens (tertiary/aromatic N) is 3. The number of carbonyl (C=O) groups excluding carboxylic acids is 2. The lowest BCUT2D eigenvalue weighted by molar-refractivity contribution is -0.125. The van der Waals surface area contributed by atoms with Gasteiger partial charge in [-0.15, -0.1) is 0 Å². The largest absolute Gasteiger partial charge is 0.452 e. The summed E-state index contributed by atoms with van der Waals surface area (Å²) >= 11 is 0. The molecule has 0 unspecified atom stereocenters. The van der Waals surface area contributed by atoms with Crippen LogP contribution in [-0.4, -0.2) is 39.3 Å². The highest BCUT2D eigenvalue weighted by atomic mass is 16.5. The summed E-state index contributed by atoms with van der Waals surface area (Å²) in [6, 6.07) is 7.27. The summed E-state index contributed by atoms with van der Waals surface area (Å²) < 4.78 is 6.83. The summed E-state index contributed by atoms with van der Waals surface area (Å²) in [5.74, 6) is -0.721. The molecule has 1 heterocycles. The lowest BCUT2D eigenvalue weighted by Gasteiger charge is -2.16. The van der Waals surface area contributed by atoms with Crippen molar-refractivity contribution >= 4 is 11.9 Å². The van der Waals surface area contributed by atoms with Crippen LogP contribution in [0.25, 0.3) is 0 Å². The number of ether oxygens (including phenoxy) is 1. The Balaban J connectivity index is 1.44. The van der Waals surface area contributed by atoms with Crippen molar-refractivity contribution in [2.45, 2.75) is 51.1 Å². The van der Waals surface area contributed by atoms with Crippen LogP contribution in [0.5, 0.6) is 0 Å². The van der Waals surface area contributed by atoms with E-state index in [0.717, 1.165) is 31.2 Å². The standard InChI is InChI=1S/C19H24N4O3/c24-18(22-17-5-3-1-2-4-6-17)12-26-19(25)16-9-7-15(8-10-16)11-23-14-20-13-21-23/h7-10,13-14,17H,1-6,11-12H2,(H,22,24). The van der Waals surface area contributed by atoms with Gasteiger partial charge in [-0.2, -0.15) is 5.10 Å². The number of benzene rings is 1. The van der Waals surface area contributed by atoms with Crippen molar-refractivity contribution in [3.05, 3.63) is 48.0 Å². The Bertz CT molecular complexity index is 705. The first-order valence-corrected chi connectivity index (χ1v) is 9.08. The zero-order chi connectivity index (χ0) is 18.2. The normalized spacial score (nSPS) is 15.2. The highest BCUT2D eigenvalue weighted by Crippen LogP contribution is 2.17. The van der Waals surface area contributed by atoms with Crippen LogP contribution in [0.15, 0.2) is 36.9 Å². The molecule has 1 aliphatic rings. The summed E-state index contributed by atoms with van der Waals surface area (Å²) in [5.41, 5.74) is 1.42. The molecular weight excluding hydrogens is 332 g/mol. The molecule has 3 rings (SSSR count). The maximum absolute atomic E-state index is 12.1. The quantitative estimate of drug-likeness (QED) is 0.634. The second-order valence-electron chi connectivity index (χ2n) is 6.62. The van der Waals surface area contributed by atoms with E-state index in [1.54, 1.807) is 23.1 Å². The topological polar surface area (TPSA) is 86.1 Å². The zero-order valence-electron chi connectivity index (χ0n) is 14.8. The first kappa shape index (κ1) is 18.1. The van der Waals surface area contributed by atoms with E-state index in [1.807, 2.05) is 12.1 Å². The Kier molecular flexibility index (Phi) is 6.35. The van der Waals surface area contributed by atoms with E-state index in [9.17, 15) is 9.59 Å². The molecule has 0 bridgehead atoms. The third-order valence-corrected chi connectivity index (χ3v) is 4.56. The van der Waals surface area contributed by atoms with Gasteiger partial charge in [0, 0.05) is 6.04 Å². The van der Waals surface area contributed by atoms with Crippen LogP contribution < -0.4 is 5.32 Å². The summed E-state index contributed by atoms with van der Waals surface area (Å²) in [6.07, 6.45) is 9.88. The van der Waals surface area contributed by atoms with Crippen molar-refractivity contribution in [1.82, 2.24) is 20.1 Å². The maximum atomic E-state index is 12.1.